The second kappa shape index (κ2) is 9.88. The molecular formula is C15H21Cl2N5OS. The van der Waals surface area contributed by atoms with Crippen molar-refractivity contribution in [3.05, 3.63) is 41.7 Å². The SMILES string of the molecule is Cl.Cl.NC1CCCN(C(=O)c2ccc(CSc3ncn[nH]3)cc2)C1. The lowest BCUT2D eigenvalue weighted by atomic mass is 10.0. The van der Waals surface area contributed by atoms with Crippen LogP contribution >= 0.6 is 36.6 Å². The number of nitrogens with zero attached hydrogens (tertiary/aromatic N) is 3. The molecule has 3 N–H and O–H groups in total. The minimum atomic E-state index is 0. The van der Waals surface area contributed by atoms with Crippen LogP contribution in [0.4, 0.5) is 0 Å². The van der Waals surface area contributed by atoms with E-state index < -0.39 is 0 Å². The van der Waals surface area contributed by atoms with Crippen LogP contribution in [-0.2, 0) is 5.75 Å². The third-order valence-electron chi connectivity index (χ3n) is 3.71. The molecule has 1 aromatic heterocycles. The number of aromatic amines is 1. The zero-order valence-electron chi connectivity index (χ0n) is 13.1. The molecule has 0 radical (unpaired) electrons. The van der Waals surface area contributed by atoms with Gasteiger partial charge in [0.05, 0.1) is 0 Å². The molecule has 2 aromatic rings. The van der Waals surface area contributed by atoms with E-state index in [1.165, 1.54) is 6.33 Å². The molecule has 0 saturated carbocycles. The fraction of sp³-hybridized carbons (Fsp3) is 0.400. The van der Waals surface area contributed by atoms with E-state index in [1.54, 1.807) is 11.8 Å². The van der Waals surface area contributed by atoms with Gasteiger partial charge in [-0.05, 0) is 30.5 Å². The van der Waals surface area contributed by atoms with Gasteiger partial charge in [0, 0.05) is 30.4 Å². The van der Waals surface area contributed by atoms with Gasteiger partial charge in [-0.2, -0.15) is 5.10 Å². The summed E-state index contributed by atoms with van der Waals surface area (Å²) in [6, 6.07) is 7.86. The van der Waals surface area contributed by atoms with Gasteiger partial charge in [0.1, 0.15) is 6.33 Å². The van der Waals surface area contributed by atoms with Gasteiger partial charge in [-0.15, -0.1) is 24.8 Å². The van der Waals surface area contributed by atoms with Gasteiger partial charge in [-0.1, -0.05) is 23.9 Å². The molecule has 1 atom stereocenters. The van der Waals surface area contributed by atoms with Crippen LogP contribution in [0.1, 0.15) is 28.8 Å². The summed E-state index contributed by atoms with van der Waals surface area (Å²) >= 11 is 1.58. The van der Waals surface area contributed by atoms with E-state index in [0.29, 0.717) is 6.54 Å². The molecule has 1 unspecified atom stereocenters. The van der Waals surface area contributed by atoms with Crippen molar-refractivity contribution < 1.29 is 4.79 Å². The maximum Gasteiger partial charge on any atom is 0.253 e. The first-order valence-corrected chi connectivity index (χ1v) is 8.33. The highest BCUT2D eigenvalue weighted by atomic mass is 35.5. The Morgan fingerprint density at radius 3 is 2.71 bits per heavy atom. The molecule has 2 heterocycles. The molecule has 1 saturated heterocycles. The monoisotopic (exact) mass is 389 g/mol. The van der Waals surface area contributed by atoms with Crippen molar-refractivity contribution in [1.29, 1.82) is 0 Å². The average molecular weight is 390 g/mol. The fourth-order valence-electron chi connectivity index (χ4n) is 2.54. The van der Waals surface area contributed by atoms with Crippen molar-refractivity contribution in [3.63, 3.8) is 0 Å². The Kier molecular flexibility index (Phi) is 8.55. The van der Waals surface area contributed by atoms with Crippen molar-refractivity contribution in [2.45, 2.75) is 29.8 Å². The number of nitrogens with two attached hydrogens (primary N) is 1. The zero-order valence-corrected chi connectivity index (χ0v) is 15.5. The molecule has 6 nitrogen and oxygen atoms in total. The number of nitrogens with one attached hydrogen (secondary N) is 1. The van der Waals surface area contributed by atoms with Gasteiger partial charge in [0.25, 0.3) is 5.91 Å². The van der Waals surface area contributed by atoms with Crippen LogP contribution in [0.15, 0.2) is 35.7 Å². The summed E-state index contributed by atoms with van der Waals surface area (Å²) in [4.78, 5) is 18.4. The first-order valence-electron chi connectivity index (χ1n) is 7.34. The lowest BCUT2D eigenvalue weighted by Gasteiger charge is -2.30. The quantitative estimate of drug-likeness (QED) is 0.784. The number of H-pyrrole nitrogens is 1. The molecular weight excluding hydrogens is 369 g/mol. The summed E-state index contributed by atoms with van der Waals surface area (Å²) in [5, 5.41) is 7.42. The molecule has 1 fully saturated rings. The summed E-state index contributed by atoms with van der Waals surface area (Å²) in [7, 11) is 0. The summed E-state index contributed by atoms with van der Waals surface area (Å²) in [6.45, 7) is 1.46. The van der Waals surface area contributed by atoms with E-state index in [9.17, 15) is 4.79 Å². The molecule has 0 bridgehead atoms. The van der Waals surface area contributed by atoms with E-state index in [1.807, 2.05) is 29.2 Å². The molecule has 0 spiro atoms. The Morgan fingerprint density at radius 1 is 1.33 bits per heavy atom. The smallest absolute Gasteiger partial charge is 0.253 e. The van der Waals surface area contributed by atoms with Crippen LogP contribution in [0, 0.1) is 0 Å². The maximum absolute atomic E-state index is 12.4. The van der Waals surface area contributed by atoms with Crippen molar-refractivity contribution >= 4 is 42.5 Å². The van der Waals surface area contributed by atoms with Gasteiger partial charge < -0.3 is 10.6 Å². The third-order valence-corrected chi connectivity index (χ3v) is 4.66. The molecule has 9 heteroatoms. The number of halogens is 2. The van der Waals surface area contributed by atoms with Crippen LogP contribution in [0.2, 0.25) is 0 Å². The number of carbonyl (C=O) groups is 1. The average Bonchev–Trinajstić information content (AvgIpc) is 3.06. The number of piperidine rings is 1. The van der Waals surface area contributed by atoms with Crippen LogP contribution in [0.5, 0.6) is 0 Å². The van der Waals surface area contributed by atoms with E-state index in [2.05, 4.69) is 15.2 Å². The summed E-state index contributed by atoms with van der Waals surface area (Å²) in [5.74, 6) is 0.864. The molecule has 24 heavy (non-hydrogen) atoms. The minimum absolute atomic E-state index is 0. The first kappa shape index (κ1) is 20.8. The summed E-state index contributed by atoms with van der Waals surface area (Å²) < 4.78 is 0. The highest BCUT2D eigenvalue weighted by molar-refractivity contribution is 7.98. The number of thioether (sulfide) groups is 1. The Morgan fingerprint density at radius 2 is 2.08 bits per heavy atom. The maximum atomic E-state index is 12.4. The molecule has 1 aromatic carbocycles. The standard InChI is InChI=1S/C15H19N5OS.2ClH/c16-13-2-1-7-20(8-13)14(21)12-5-3-11(4-6-12)9-22-15-17-10-18-19-15;;/h3-6,10,13H,1-2,7-9,16H2,(H,17,18,19);2*1H. The van der Waals surface area contributed by atoms with E-state index in [0.717, 1.165) is 41.4 Å². The number of likely N-dealkylation sites (tertiary alicyclic amines) is 1. The van der Waals surface area contributed by atoms with Crippen molar-refractivity contribution in [1.82, 2.24) is 20.1 Å². The number of hydrogen-bond donors (Lipinski definition) is 2. The molecule has 132 valence electrons. The van der Waals surface area contributed by atoms with E-state index in [4.69, 9.17) is 5.73 Å². The van der Waals surface area contributed by atoms with Crippen LogP contribution in [-0.4, -0.2) is 45.1 Å². The van der Waals surface area contributed by atoms with Gasteiger partial charge in [0.15, 0.2) is 5.16 Å². The van der Waals surface area contributed by atoms with Gasteiger partial charge in [0.2, 0.25) is 0 Å². The predicted octanol–water partition coefficient (Wildman–Crippen LogP) is 2.50. The third kappa shape index (κ3) is 5.37. The minimum Gasteiger partial charge on any atom is -0.337 e. The number of amides is 1. The number of hydrogen-bond acceptors (Lipinski definition) is 5. The van der Waals surface area contributed by atoms with Crippen molar-refractivity contribution in [2.24, 2.45) is 5.73 Å². The molecule has 1 aliphatic rings. The predicted molar refractivity (Wildman–Crippen MR) is 100.0 cm³/mol. The highest BCUT2D eigenvalue weighted by Crippen LogP contribution is 2.19. The summed E-state index contributed by atoms with van der Waals surface area (Å²) in [6.07, 6.45) is 3.48. The largest absolute Gasteiger partial charge is 0.337 e. The number of carbonyl (C=O) groups excluding carboxylic acids is 1. The van der Waals surface area contributed by atoms with E-state index in [-0.39, 0.29) is 36.8 Å². The molecule has 3 rings (SSSR count). The lowest BCUT2D eigenvalue weighted by Crippen LogP contribution is -2.45. The number of aromatic nitrogens is 3. The van der Waals surface area contributed by atoms with Gasteiger partial charge in [-0.25, -0.2) is 4.98 Å². The van der Waals surface area contributed by atoms with E-state index >= 15 is 0 Å². The molecule has 1 amide bonds. The van der Waals surface area contributed by atoms with Gasteiger partial charge >= 0.3 is 0 Å². The number of benzene rings is 1. The lowest BCUT2D eigenvalue weighted by molar-refractivity contribution is 0.0709. The topological polar surface area (TPSA) is 87.9 Å². The fourth-order valence-corrected chi connectivity index (χ4v) is 3.27. The van der Waals surface area contributed by atoms with Crippen molar-refractivity contribution in [3.8, 4) is 0 Å². The molecule has 1 aliphatic heterocycles. The summed E-state index contributed by atoms with van der Waals surface area (Å²) in [5.41, 5.74) is 7.81. The Labute approximate surface area is 157 Å². The molecule has 0 aliphatic carbocycles. The second-order valence-electron chi connectivity index (χ2n) is 5.43. The van der Waals surface area contributed by atoms with Gasteiger partial charge in [-0.3, -0.25) is 9.89 Å². The Hall–Kier alpha value is -1.28. The van der Waals surface area contributed by atoms with Crippen LogP contribution < -0.4 is 5.73 Å². The second-order valence-corrected chi connectivity index (χ2v) is 6.39. The number of rotatable bonds is 4. The normalized spacial score (nSPS) is 16.9. The van der Waals surface area contributed by atoms with Crippen LogP contribution in [0.3, 0.4) is 0 Å². The highest BCUT2D eigenvalue weighted by Gasteiger charge is 2.22. The Bertz CT molecular complexity index is 623. The van der Waals surface area contributed by atoms with Crippen molar-refractivity contribution in [2.75, 3.05) is 13.1 Å². The zero-order chi connectivity index (χ0) is 15.4. The Balaban J connectivity index is 0.00000144. The first-order chi connectivity index (χ1) is 10.7. The van der Waals surface area contributed by atoms with Crippen LogP contribution in [0.25, 0.3) is 0 Å².